The number of hydrogen-bond acceptors (Lipinski definition) is 12. The van der Waals surface area contributed by atoms with Gasteiger partial charge in [0.25, 0.3) is 0 Å². The summed E-state index contributed by atoms with van der Waals surface area (Å²) < 4.78 is 34.1. The third kappa shape index (κ3) is 8.98. The monoisotopic (exact) mass is 942 g/mol. The van der Waals surface area contributed by atoms with Gasteiger partial charge in [-0.25, -0.2) is 18.8 Å². The lowest BCUT2D eigenvalue weighted by atomic mass is 9.44. The van der Waals surface area contributed by atoms with Crippen molar-refractivity contribution in [3.8, 4) is 0 Å². The highest BCUT2D eigenvalue weighted by Gasteiger charge is 2.75. The molecule has 4 aliphatic carbocycles. The van der Waals surface area contributed by atoms with Gasteiger partial charge in [-0.05, 0) is 136 Å². The van der Waals surface area contributed by atoms with E-state index in [2.05, 4.69) is 15.6 Å². The molecule has 362 valence electrons. The van der Waals surface area contributed by atoms with Crippen LogP contribution < -0.4 is 10.6 Å². The molecule has 0 bridgehead atoms. The molecule has 14 nitrogen and oxygen atoms in total. The molecule has 0 spiro atoms. The van der Waals surface area contributed by atoms with Crippen molar-refractivity contribution >= 4 is 51.9 Å². The van der Waals surface area contributed by atoms with Gasteiger partial charge in [-0.15, -0.1) is 0 Å². The number of rotatable bonds is 12. The lowest BCUT2D eigenvalue weighted by Crippen LogP contribution is -2.69. The van der Waals surface area contributed by atoms with Crippen molar-refractivity contribution in [2.75, 3.05) is 18.5 Å². The third-order valence-corrected chi connectivity index (χ3v) is 15.2. The Bertz CT molecular complexity index is 2770. The second-order valence-corrected chi connectivity index (χ2v) is 20.5. The van der Waals surface area contributed by atoms with Crippen LogP contribution in [0.2, 0.25) is 0 Å². The van der Waals surface area contributed by atoms with Crippen LogP contribution >= 0.6 is 0 Å². The van der Waals surface area contributed by atoms with Gasteiger partial charge in [0.15, 0.2) is 11.5 Å². The number of alkyl halides is 1. The van der Waals surface area contributed by atoms with Crippen molar-refractivity contribution in [3.63, 3.8) is 0 Å². The van der Waals surface area contributed by atoms with Gasteiger partial charge in [0.1, 0.15) is 24.4 Å². The summed E-state index contributed by atoms with van der Waals surface area (Å²) >= 11 is 0. The van der Waals surface area contributed by atoms with Crippen molar-refractivity contribution in [2.45, 2.75) is 103 Å². The molecule has 3 aromatic carbocycles. The van der Waals surface area contributed by atoms with Crippen LogP contribution in [0.3, 0.4) is 0 Å². The Kier molecular flexibility index (Phi) is 13.0. The number of amides is 2. The van der Waals surface area contributed by atoms with Crippen LogP contribution in [0.5, 0.6) is 0 Å². The van der Waals surface area contributed by atoms with E-state index in [1.807, 2.05) is 18.2 Å². The summed E-state index contributed by atoms with van der Waals surface area (Å²) in [4.78, 5) is 69.0. The number of carbonyl (C=O) groups excluding carboxylic acids is 5. The predicted octanol–water partition coefficient (Wildman–Crippen LogP) is 8.36. The average Bonchev–Trinajstić information content (AvgIpc) is 3.51. The van der Waals surface area contributed by atoms with Crippen LogP contribution in [0.25, 0.3) is 10.8 Å². The Balaban J connectivity index is 0.868. The molecule has 2 amide bonds. The normalized spacial score (nSPS) is 28.5. The number of aliphatic hydroxyl groups is 2. The minimum absolute atomic E-state index is 0.0591. The van der Waals surface area contributed by atoms with Gasteiger partial charge in [-0.2, -0.15) is 0 Å². The van der Waals surface area contributed by atoms with Gasteiger partial charge in [-0.1, -0.05) is 55.8 Å². The summed E-state index contributed by atoms with van der Waals surface area (Å²) in [5, 5.41) is 40.6. The lowest BCUT2D eigenvalue weighted by Gasteiger charge is -2.62. The van der Waals surface area contributed by atoms with Crippen molar-refractivity contribution in [1.82, 2.24) is 10.3 Å². The molecule has 5 N–H and O–H groups in total. The number of esters is 2. The van der Waals surface area contributed by atoms with Gasteiger partial charge < -0.3 is 40.5 Å². The molecule has 3 fully saturated rings. The number of anilines is 1. The van der Waals surface area contributed by atoms with Gasteiger partial charge in [0, 0.05) is 46.8 Å². The number of nitrogens with zero attached hydrogens (tertiary/aromatic N) is 1. The Labute approximate surface area is 400 Å². The maximum absolute atomic E-state index is 17.6. The van der Waals surface area contributed by atoms with Crippen LogP contribution in [-0.2, 0) is 30.4 Å². The van der Waals surface area contributed by atoms with E-state index in [1.165, 1.54) is 36.4 Å². The summed E-state index contributed by atoms with van der Waals surface area (Å²) in [6.07, 6.45) is 6.77. The Hall–Kier alpha value is -6.58. The number of benzene rings is 3. The van der Waals surface area contributed by atoms with Gasteiger partial charge in [0.05, 0.1) is 28.9 Å². The van der Waals surface area contributed by atoms with E-state index < -0.39 is 82.1 Å². The number of aliphatic hydroxyl groups excluding tert-OH is 1. The van der Waals surface area contributed by atoms with E-state index in [4.69, 9.17) is 19.6 Å². The van der Waals surface area contributed by atoms with Crippen LogP contribution in [0.4, 0.5) is 14.9 Å². The van der Waals surface area contributed by atoms with Gasteiger partial charge >= 0.3 is 18.0 Å². The first-order valence-electron chi connectivity index (χ1n) is 23.3. The molecule has 4 aromatic rings. The second kappa shape index (κ2) is 18.4. The first-order chi connectivity index (χ1) is 32.6. The van der Waals surface area contributed by atoms with Crippen LogP contribution in [-0.4, -0.2) is 86.8 Å². The van der Waals surface area contributed by atoms with Crippen molar-refractivity contribution < 1.29 is 52.8 Å². The highest BCUT2D eigenvalue weighted by atomic mass is 19.1. The number of carbonyl (C=O) groups is 5. The fraction of sp³-hybridized carbons (Fsp3) is 0.426. The summed E-state index contributed by atoms with van der Waals surface area (Å²) in [6, 6.07) is 19.8. The Morgan fingerprint density at radius 3 is 2.30 bits per heavy atom. The van der Waals surface area contributed by atoms with E-state index >= 15 is 4.39 Å². The number of pyridine rings is 1. The number of fused-ring (bicyclic) bond motifs is 6. The molecule has 4 aliphatic rings. The van der Waals surface area contributed by atoms with Crippen LogP contribution in [0, 0.1) is 34.0 Å². The summed E-state index contributed by atoms with van der Waals surface area (Å²) in [7, 11) is 0. The number of allylic oxidation sites excluding steroid dienone is 4. The Morgan fingerprint density at radius 1 is 0.942 bits per heavy atom. The highest BCUT2D eigenvalue weighted by molar-refractivity contribution is 6.01. The molecule has 0 saturated heterocycles. The van der Waals surface area contributed by atoms with Crippen LogP contribution in [0.15, 0.2) is 109 Å². The quantitative estimate of drug-likeness (QED) is 0.0517. The lowest BCUT2D eigenvalue weighted by molar-refractivity contribution is -0.209. The number of halogens is 1. The van der Waals surface area contributed by atoms with Gasteiger partial charge in [-0.3, -0.25) is 14.6 Å². The molecule has 9 atom stereocenters. The van der Waals surface area contributed by atoms with E-state index in [0.29, 0.717) is 41.6 Å². The molecule has 3 saturated carbocycles. The predicted molar refractivity (Wildman–Crippen MR) is 255 cm³/mol. The van der Waals surface area contributed by atoms with E-state index in [-0.39, 0.29) is 48.1 Å². The summed E-state index contributed by atoms with van der Waals surface area (Å²) in [6.45, 7) is 9.83. The molecule has 15 heteroatoms. The van der Waals surface area contributed by atoms with Crippen LogP contribution in [0.1, 0.15) is 105 Å². The fourth-order valence-electron chi connectivity index (χ4n) is 11.6. The van der Waals surface area contributed by atoms with E-state index in [0.717, 1.165) is 10.8 Å². The van der Waals surface area contributed by atoms with Crippen molar-refractivity contribution in [1.29, 1.82) is 5.41 Å². The van der Waals surface area contributed by atoms with E-state index in [9.17, 15) is 34.2 Å². The number of aromatic nitrogens is 1. The van der Waals surface area contributed by atoms with Gasteiger partial charge in [0.2, 0.25) is 5.91 Å². The topological polar surface area (TPSA) is 214 Å². The number of ether oxygens (including phenoxy) is 3. The third-order valence-electron chi connectivity index (χ3n) is 15.2. The number of ketones is 1. The number of nitrogens with one attached hydrogen (secondary N) is 3. The summed E-state index contributed by atoms with van der Waals surface area (Å²) in [5.74, 6) is -4.40. The second-order valence-electron chi connectivity index (χ2n) is 20.5. The molecular weight excluding hydrogens is 884 g/mol. The molecule has 0 aliphatic heterocycles. The molecule has 8 rings (SSSR count). The molecule has 1 aromatic heterocycles. The Morgan fingerprint density at radius 2 is 1.62 bits per heavy atom. The molecular formula is C54H59FN4O10. The fourth-order valence-corrected chi connectivity index (χ4v) is 11.6. The standard InChI is InChI=1S/C54H59FN4O10/c1-31-23-43-42-18-16-38-25-40(60)19-21-51(38,5)53(42,55)45(61)26-52(43,6)54(31,66)44(56)30-68-48(64)35-13-11-34(12-14-35)47(63)67-29-32-7-9-33(10-8-32)41(28-58-49(65)69-50(2,3)4)46(62)59-39-17-15-37-27-57-22-20-36(37)24-39/h7-15,17,19-22,24-25,27,31,41-43,45,56,61,66H,16,18,23,26,28-30H2,1-6H3,(H,58,65)(H,59,62)/t31-,41-,42+,43+,45+,51+,52+,53+,54+/m1/s1. The highest BCUT2D eigenvalue weighted by Crippen LogP contribution is 2.70. The first kappa shape index (κ1) is 48.9. The first-order valence-corrected chi connectivity index (χ1v) is 23.3. The average molecular weight is 943 g/mol. The zero-order chi connectivity index (χ0) is 49.7. The smallest absolute Gasteiger partial charge is 0.407 e. The number of alkyl carbamates (subject to hydrolysis) is 1. The largest absolute Gasteiger partial charge is 0.457 e. The minimum Gasteiger partial charge on any atom is -0.457 e. The molecule has 0 radical (unpaired) electrons. The molecule has 1 heterocycles. The maximum atomic E-state index is 17.6. The number of hydrogen-bond donors (Lipinski definition) is 5. The molecule has 0 unspecified atom stereocenters. The molecule has 69 heavy (non-hydrogen) atoms. The van der Waals surface area contributed by atoms with E-state index in [1.54, 1.807) is 90.3 Å². The maximum Gasteiger partial charge on any atom is 0.407 e. The SMILES string of the molecule is C[C@@H]1C[C@H]2[C@@H]3CCC4=CC(=O)C=C[C@]4(C)[C@@]3(F)[C@@H](O)C[C@]2(C)[C@@]1(O)C(=N)COC(=O)c1ccc(C(=O)OCc2ccc([C@@H](CNC(=O)OC(C)(C)C)C(=O)Nc3ccc4cnccc4c3)cc2)cc1. The zero-order valence-corrected chi connectivity index (χ0v) is 39.6. The zero-order valence-electron chi connectivity index (χ0n) is 39.6. The van der Waals surface area contributed by atoms with Crippen molar-refractivity contribution in [2.24, 2.45) is 28.6 Å². The van der Waals surface area contributed by atoms with Crippen molar-refractivity contribution in [3.05, 3.63) is 131 Å². The minimum atomic E-state index is -2.09. The summed E-state index contributed by atoms with van der Waals surface area (Å²) in [5.41, 5.74) is -4.48.